The summed E-state index contributed by atoms with van der Waals surface area (Å²) in [4.78, 5) is 0.150. The first-order chi connectivity index (χ1) is 7.36. The molecule has 0 fully saturated rings. The van der Waals surface area contributed by atoms with Gasteiger partial charge in [-0.25, -0.2) is 13.1 Å². The zero-order valence-electron chi connectivity index (χ0n) is 8.57. The van der Waals surface area contributed by atoms with Crippen molar-refractivity contribution in [3.8, 4) is 0 Å². The largest absolute Gasteiger partial charge is 0.329 e. The van der Waals surface area contributed by atoms with E-state index in [1.165, 1.54) is 18.2 Å². The first-order valence-corrected chi connectivity index (χ1v) is 7.19. The van der Waals surface area contributed by atoms with Gasteiger partial charge in [0, 0.05) is 22.1 Å². The van der Waals surface area contributed by atoms with Crippen LogP contribution < -0.4 is 10.5 Å². The summed E-state index contributed by atoms with van der Waals surface area (Å²) in [5.74, 6) is 0. The summed E-state index contributed by atoms with van der Waals surface area (Å²) < 4.78 is 26.7. The summed E-state index contributed by atoms with van der Waals surface area (Å²) >= 11 is 8.89. The van der Waals surface area contributed by atoms with Crippen LogP contribution in [0.5, 0.6) is 0 Å². The van der Waals surface area contributed by atoms with Gasteiger partial charge >= 0.3 is 0 Å². The van der Waals surface area contributed by atoms with Crippen molar-refractivity contribution in [2.24, 2.45) is 5.73 Å². The molecule has 0 radical (unpaired) electrons. The zero-order valence-corrected chi connectivity index (χ0v) is 11.7. The standard InChI is InChI=1S/C9H12BrClN2O2S/c1-6(5-12)13-16(14,15)9-3-2-7(11)4-8(9)10/h2-4,6,13H,5,12H2,1H3/t6-/m0/s1. The van der Waals surface area contributed by atoms with Gasteiger partial charge in [0.1, 0.15) is 0 Å². The van der Waals surface area contributed by atoms with Crippen LogP contribution in [0, 0.1) is 0 Å². The number of hydrogen-bond donors (Lipinski definition) is 2. The third kappa shape index (κ3) is 3.43. The lowest BCUT2D eigenvalue weighted by atomic mass is 10.4. The minimum Gasteiger partial charge on any atom is -0.329 e. The average Bonchev–Trinajstić information content (AvgIpc) is 2.16. The third-order valence-corrected chi connectivity index (χ3v) is 4.69. The van der Waals surface area contributed by atoms with Crippen molar-refractivity contribution in [2.45, 2.75) is 17.9 Å². The molecule has 0 aliphatic rings. The monoisotopic (exact) mass is 326 g/mol. The Morgan fingerprint density at radius 1 is 1.56 bits per heavy atom. The predicted molar refractivity (Wildman–Crippen MR) is 68.0 cm³/mol. The van der Waals surface area contributed by atoms with Gasteiger partial charge in [0.15, 0.2) is 0 Å². The van der Waals surface area contributed by atoms with Crippen molar-refractivity contribution in [2.75, 3.05) is 6.54 Å². The van der Waals surface area contributed by atoms with E-state index in [9.17, 15) is 8.42 Å². The molecule has 1 aromatic carbocycles. The van der Waals surface area contributed by atoms with Crippen LogP contribution in [0.25, 0.3) is 0 Å². The summed E-state index contributed by atoms with van der Waals surface area (Å²) in [6.45, 7) is 1.94. The molecule has 0 aliphatic heterocycles. The lowest BCUT2D eigenvalue weighted by molar-refractivity contribution is 0.562. The molecule has 90 valence electrons. The molecule has 0 saturated heterocycles. The number of nitrogens with one attached hydrogen (secondary N) is 1. The first-order valence-electron chi connectivity index (χ1n) is 4.54. The lowest BCUT2D eigenvalue weighted by Gasteiger charge is -2.13. The van der Waals surface area contributed by atoms with Crippen molar-refractivity contribution in [3.63, 3.8) is 0 Å². The van der Waals surface area contributed by atoms with Gasteiger partial charge < -0.3 is 5.73 Å². The Morgan fingerprint density at radius 2 is 2.19 bits per heavy atom. The minimum atomic E-state index is -3.55. The van der Waals surface area contributed by atoms with Gasteiger partial charge in [0.25, 0.3) is 0 Å². The van der Waals surface area contributed by atoms with Crippen molar-refractivity contribution in [1.29, 1.82) is 0 Å². The van der Waals surface area contributed by atoms with Gasteiger partial charge in [0.05, 0.1) is 4.90 Å². The highest BCUT2D eigenvalue weighted by Gasteiger charge is 2.19. The molecular formula is C9H12BrClN2O2S. The second kappa shape index (κ2) is 5.46. The van der Waals surface area contributed by atoms with Crippen molar-refractivity contribution in [3.05, 3.63) is 27.7 Å². The molecule has 0 aromatic heterocycles. The van der Waals surface area contributed by atoms with Gasteiger partial charge in [-0.05, 0) is 41.1 Å². The Kier molecular flexibility index (Phi) is 4.75. The molecule has 3 N–H and O–H groups in total. The third-order valence-electron chi connectivity index (χ3n) is 1.89. The highest BCUT2D eigenvalue weighted by atomic mass is 79.9. The molecule has 0 heterocycles. The van der Waals surface area contributed by atoms with Gasteiger partial charge in [0.2, 0.25) is 10.0 Å². The molecule has 0 unspecified atom stereocenters. The van der Waals surface area contributed by atoms with Gasteiger partial charge in [-0.1, -0.05) is 11.6 Å². The van der Waals surface area contributed by atoms with Crippen molar-refractivity contribution >= 4 is 37.6 Å². The molecular weight excluding hydrogens is 316 g/mol. The highest BCUT2D eigenvalue weighted by molar-refractivity contribution is 9.10. The second-order valence-electron chi connectivity index (χ2n) is 3.33. The Labute approximate surface area is 108 Å². The number of sulfonamides is 1. The molecule has 16 heavy (non-hydrogen) atoms. The van der Waals surface area contributed by atoms with E-state index >= 15 is 0 Å². The van der Waals surface area contributed by atoms with Crippen molar-refractivity contribution < 1.29 is 8.42 Å². The van der Waals surface area contributed by atoms with Crippen LogP contribution in [0.3, 0.4) is 0 Å². The highest BCUT2D eigenvalue weighted by Crippen LogP contribution is 2.25. The molecule has 7 heteroatoms. The summed E-state index contributed by atoms with van der Waals surface area (Å²) in [5, 5.41) is 0.470. The lowest BCUT2D eigenvalue weighted by Crippen LogP contribution is -2.37. The normalized spacial score (nSPS) is 13.8. The number of rotatable bonds is 4. The maximum atomic E-state index is 11.9. The van der Waals surface area contributed by atoms with Crippen LogP contribution in [0.2, 0.25) is 5.02 Å². The van der Waals surface area contributed by atoms with Crippen LogP contribution in [0.1, 0.15) is 6.92 Å². The summed E-state index contributed by atoms with van der Waals surface area (Å²) in [6.07, 6.45) is 0. The molecule has 0 saturated carbocycles. The fourth-order valence-electron chi connectivity index (χ4n) is 1.07. The molecule has 1 rings (SSSR count). The number of benzene rings is 1. The van der Waals surface area contributed by atoms with Gasteiger partial charge in [-0.2, -0.15) is 0 Å². The van der Waals surface area contributed by atoms with Gasteiger partial charge in [-0.15, -0.1) is 0 Å². The fraction of sp³-hybridized carbons (Fsp3) is 0.333. The van der Waals surface area contributed by atoms with Crippen LogP contribution in [0.4, 0.5) is 0 Å². The Hall–Kier alpha value is -0.140. The van der Waals surface area contributed by atoms with Crippen LogP contribution in [-0.4, -0.2) is 21.0 Å². The van der Waals surface area contributed by atoms with Crippen LogP contribution in [-0.2, 0) is 10.0 Å². The summed E-state index contributed by atoms with van der Waals surface area (Å²) in [7, 11) is -3.55. The Morgan fingerprint density at radius 3 is 2.69 bits per heavy atom. The van der Waals surface area contributed by atoms with E-state index in [0.717, 1.165) is 0 Å². The van der Waals surface area contributed by atoms with E-state index in [2.05, 4.69) is 20.7 Å². The molecule has 1 atom stereocenters. The smallest absolute Gasteiger partial charge is 0.241 e. The number of nitrogens with two attached hydrogens (primary N) is 1. The molecule has 1 aromatic rings. The maximum Gasteiger partial charge on any atom is 0.241 e. The Balaban J connectivity index is 3.08. The maximum absolute atomic E-state index is 11.9. The number of hydrogen-bond acceptors (Lipinski definition) is 3. The van der Waals surface area contributed by atoms with E-state index in [-0.39, 0.29) is 17.5 Å². The van der Waals surface area contributed by atoms with Crippen molar-refractivity contribution in [1.82, 2.24) is 4.72 Å². The summed E-state index contributed by atoms with van der Waals surface area (Å²) in [5.41, 5.74) is 5.36. The fourth-order valence-corrected chi connectivity index (χ4v) is 3.71. The van der Waals surface area contributed by atoms with Crippen LogP contribution in [0.15, 0.2) is 27.6 Å². The SMILES string of the molecule is C[C@@H](CN)NS(=O)(=O)c1ccc(Cl)cc1Br. The van der Waals surface area contributed by atoms with E-state index in [4.69, 9.17) is 17.3 Å². The minimum absolute atomic E-state index is 0.150. The van der Waals surface area contributed by atoms with E-state index in [1.54, 1.807) is 6.92 Å². The molecule has 4 nitrogen and oxygen atoms in total. The summed E-state index contributed by atoms with van der Waals surface area (Å²) in [6, 6.07) is 4.18. The first kappa shape index (κ1) is 13.9. The quantitative estimate of drug-likeness (QED) is 0.884. The van der Waals surface area contributed by atoms with Crippen LogP contribution >= 0.6 is 27.5 Å². The van der Waals surface area contributed by atoms with E-state index in [1.807, 2.05) is 0 Å². The second-order valence-corrected chi connectivity index (χ2v) is 6.31. The van der Waals surface area contributed by atoms with Gasteiger partial charge in [-0.3, -0.25) is 0 Å². The number of halogens is 2. The molecule has 0 amide bonds. The average molecular weight is 328 g/mol. The molecule has 0 aliphatic carbocycles. The predicted octanol–water partition coefficient (Wildman–Crippen LogP) is 1.73. The molecule has 0 spiro atoms. The van der Waals surface area contributed by atoms with E-state index < -0.39 is 10.0 Å². The topological polar surface area (TPSA) is 72.2 Å². The molecule has 0 bridgehead atoms. The Bertz CT molecular complexity index is 478. The van der Waals surface area contributed by atoms with E-state index in [0.29, 0.717) is 9.50 Å². The zero-order chi connectivity index (χ0) is 12.3.